The Hall–Kier alpha value is -1.93. The highest BCUT2D eigenvalue weighted by molar-refractivity contribution is 7.89. The number of carbonyl (C=O) groups excluding carboxylic acids is 2. The summed E-state index contributed by atoms with van der Waals surface area (Å²) in [5.74, 6) is 1.23. The number of benzene rings is 1. The smallest absolute Gasteiger partial charge is 0.240 e. The molecule has 0 radical (unpaired) electrons. The van der Waals surface area contributed by atoms with E-state index in [2.05, 4.69) is 18.6 Å². The van der Waals surface area contributed by atoms with Crippen molar-refractivity contribution in [2.75, 3.05) is 24.5 Å². The first-order valence-electron chi connectivity index (χ1n) is 11.4. The van der Waals surface area contributed by atoms with Crippen LogP contribution in [0.25, 0.3) is 0 Å². The van der Waals surface area contributed by atoms with Crippen LogP contribution in [-0.2, 0) is 26.0 Å². The van der Waals surface area contributed by atoms with Crippen molar-refractivity contribution in [2.45, 2.75) is 63.8 Å². The Labute approximate surface area is 185 Å². The number of piperidine rings is 1. The number of hydrogen-bond donors (Lipinski definition) is 1. The SMILES string of the molecule is C[C@@H]1C[C@H](C)CN(C(=O)CCNS(=O)(=O)c2ccc3c(c2)C[C@H](C)N3C(=O)C2CC2)C1. The van der Waals surface area contributed by atoms with Gasteiger partial charge in [0.1, 0.15) is 0 Å². The first kappa shape index (κ1) is 22.3. The Balaban J connectivity index is 1.38. The normalized spacial score (nSPS) is 26.1. The average Bonchev–Trinajstić information content (AvgIpc) is 3.48. The summed E-state index contributed by atoms with van der Waals surface area (Å²) < 4.78 is 28.2. The summed E-state index contributed by atoms with van der Waals surface area (Å²) in [6.07, 6.45) is 3.83. The van der Waals surface area contributed by atoms with Crippen LogP contribution in [0.2, 0.25) is 0 Å². The molecule has 3 aliphatic rings. The van der Waals surface area contributed by atoms with Crippen LogP contribution in [0.3, 0.4) is 0 Å². The zero-order valence-corrected chi connectivity index (χ0v) is 19.5. The van der Waals surface area contributed by atoms with Crippen molar-refractivity contribution in [2.24, 2.45) is 17.8 Å². The Kier molecular flexibility index (Phi) is 6.14. The van der Waals surface area contributed by atoms with Gasteiger partial charge in [-0.05, 0) is 68.2 Å². The standard InChI is InChI=1S/C23H33N3O4S/c1-15-10-16(2)14-25(13-15)22(27)8-9-24-31(29,30)20-6-7-21-19(12-20)11-17(3)26(21)23(28)18-4-5-18/h6-7,12,15-18,24H,4-5,8-11,13-14H2,1-3H3/t15-,16+,17-/m0/s1. The molecule has 1 saturated heterocycles. The van der Waals surface area contributed by atoms with E-state index >= 15 is 0 Å². The molecule has 0 bridgehead atoms. The molecule has 2 amide bonds. The molecule has 1 aromatic carbocycles. The first-order valence-corrected chi connectivity index (χ1v) is 12.9. The molecule has 31 heavy (non-hydrogen) atoms. The summed E-state index contributed by atoms with van der Waals surface area (Å²) in [6.45, 7) is 7.87. The Bertz CT molecular complexity index is 963. The highest BCUT2D eigenvalue weighted by atomic mass is 32.2. The van der Waals surface area contributed by atoms with Crippen LogP contribution in [0.15, 0.2) is 23.1 Å². The molecule has 1 aromatic rings. The highest BCUT2D eigenvalue weighted by Crippen LogP contribution is 2.39. The van der Waals surface area contributed by atoms with Crippen molar-refractivity contribution in [3.05, 3.63) is 23.8 Å². The molecule has 0 aromatic heterocycles. The lowest BCUT2D eigenvalue weighted by molar-refractivity contribution is -0.133. The van der Waals surface area contributed by atoms with Gasteiger partial charge in [0, 0.05) is 43.7 Å². The van der Waals surface area contributed by atoms with Gasteiger partial charge in [0.15, 0.2) is 0 Å². The van der Waals surface area contributed by atoms with Crippen molar-refractivity contribution < 1.29 is 18.0 Å². The summed E-state index contributed by atoms with van der Waals surface area (Å²) >= 11 is 0. The molecule has 3 atom stereocenters. The van der Waals surface area contributed by atoms with E-state index in [4.69, 9.17) is 0 Å². The number of sulfonamides is 1. The maximum Gasteiger partial charge on any atom is 0.240 e. The molecule has 1 N–H and O–H groups in total. The van der Waals surface area contributed by atoms with Gasteiger partial charge in [-0.15, -0.1) is 0 Å². The van der Waals surface area contributed by atoms with Gasteiger partial charge >= 0.3 is 0 Å². The van der Waals surface area contributed by atoms with Crippen molar-refractivity contribution in [3.63, 3.8) is 0 Å². The quantitative estimate of drug-likeness (QED) is 0.726. The van der Waals surface area contributed by atoms with Gasteiger partial charge < -0.3 is 9.80 Å². The summed E-state index contributed by atoms with van der Waals surface area (Å²) in [6, 6.07) is 5.02. The molecule has 1 saturated carbocycles. The van der Waals surface area contributed by atoms with Crippen molar-refractivity contribution >= 4 is 27.5 Å². The van der Waals surface area contributed by atoms with Crippen LogP contribution >= 0.6 is 0 Å². The molecule has 0 unspecified atom stereocenters. The summed E-state index contributed by atoms with van der Waals surface area (Å²) in [4.78, 5) is 29.0. The molecule has 7 nitrogen and oxygen atoms in total. The molecule has 2 fully saturated rings. The molecule has 1 aliphatic carbocycles. The fourth-order valence-corrected chi connectivity index (χ4v) is 6.12. The summed E-state index contributed by atoms with van der Waals surface area (Å²) in [5, 5.41) is 0. The minimum Gasteiger partial charge on any atom is -0.342 e. The van der Waals surface area contributed by atoms with Crippen molar-refractivity contribution in [1.82, 2.24) is 9.62 Å². The lowest BCUT2D eigenvalue weighted by atomic mass is 9.92. The monoisotopic (exact) mass is 447 g/mol. The molecular formula is C23H33N3O4S. The minimum atomic E-state index is -3.71. The number of likely N-dealkylation sites (tertiary alicyclic amines) is 1. The van der Waals surface area contributed by atoms with E-state index in [0.29, 0.717) is 18.3 Å². The van der Waals surface area contributed by atoms with Crippen molar-refractivity contribution in [1.29, 1.82) is 0 Å². The number of nitrogens with one attached hydrogen (secondary N) is 1. The largest absolute Gasteiger partial charge is 0.342 e. The van der Waals surface area contributed by atoms with Crippen molar-refractivity contribution in [3.8, 4) is 0 Å². The molecule has 4 rings (SSSR count). The lowest BCUT2D eigenvalue weighted by Crippen LogP contribution is -2.43. The van der Waals surface area contributed by atoms with Crippen LogP contribution in [0.1, 0.15) is 52.0 Å². The van der Waals surface area contributed by atoms with Crippen LogP contribution in [0.5, 0.6) is 0 Å². The lowest BCUT2D eigenvalue weighted by Gasteiger charge is -2.35. The second kappa shape index (κ2) is 8.54. The van der Waals surface area contributed by atoms with Gasteiger partial charge in [-0.2, -0.15) is 0 Å². The number of nitrogens with zero attached hydrogens (tertiary/aromatic N) is 2. The Morgan fingerprint density at radius 2 is 1.77 bits per heavy atom. The van der Waals surface area contributed by atoms with Gasteiger partial charge in [0.05, 0.1) is 4.90 Å². The van der Waals surface area contributed by atoms with E-state index in [9.17, 15) is 18.0 Å². The first-order chi connectivity index (χ1) is 14.7. The molecular weight excluding hydrogens is 414 g/mol. The van der Waals surface area contributed by atoms with Gasteiger partial charge in [0.2, 0.25) is 21.8 Å². The average molecular weight is 448 g/mol. The number of amides is 2. The number of fused-ring (bicyclic) bond motifs is 1. The molecule has 2 aliphatic heterocycles. The predicted molar refractivity (Wildman–Crippen MR) is 119 cm³/mol. The third-order valence-corrected chi connectivity index (χ3v) is 8.05. The zero-order chi connectivity index (χ0) is 22.3. The third-order valence-electron chi connectivity index (χ3n) is 6.59. The van der Waals surface area contributed by atoms with E-state index in [1.807, 2.05) is 16.7 Å². The van der Waals surface area contributed by atoms with Gasteiger partial charge in [-0.3, -0.25) is 9.59 Å². The maximum absolute atomic E-state index is 12.8. The summed E-state index contributed by atoms with van der Waals surface area (Å²) in [5.41, 5.74) is 1.71. The van der Waals surface area contributed by atoms with Crippen LogP contribution < -0.4 is 9.62 Å². The van der Waals surface area contributed by atoms with Gasteiger partial charge in [0.25, 0.3) is 0 Å². The van der Waals surface area contributed by atoms with Crippen LogP contribution in [0, 0.1) is 17.8 Å². The molecule has 170 valence electrons. The van der Waals surface area contributed by atoms with Gasteiger partial charge in [-0.1, -0.05) is 13.8 Å². The van der Waals surface area contributed by atoms with Gasteiger partial charge in [-0.25, -0.2) is 13.1 Å². The predicted octanol–water partition coefficient (Wildman–Crippen LogP) is 2.55. The van der Waals surface area contributed by atoms with E-state index in [0.717, 1.165) is 43.6 Å². The Morgan fingerprint density at radius 3 is 2.42 bits per heavy atom. The second-order valence-electron chi connectivity index (χ2n) is 9.72. The van der Waals surface area contributed by atoms with E-state index in [-0.39, 0.29) is 41.6 Å². The number of hydrogen-bond acceptors (Lipinski definition) is 4. The zero-order valence-electron chi connectivity index (χ0n) is 18.6. The number of rotatable bonds is 6. The molecule has 2 heterocycles. The fourth-order valence-electron chi connectivity index (χ4n) is 5.04. The number of anilines is 1. The fraction of sp³-hybridized carbons (Fsp3) is 0.652. The van der Waals surface area contributed by atoms with E-state index in [1.165, 1.54) is 0 Å². The van der Waals surface area contributed by atoms with Crippen LogP contribution in [0.4, 0.5) is 5.69 Å². The van der Waals surface area contributed by atoms with Crippen LogP contribution in [-0.4, -0.2) is 50.8 Å². The Morgan fingerprint density at radius 1 is 1.10 bits per heavy atom. The minimum absolute atomic E-state index is 0.00175. The second-order valence-corrected chi connectivity index (χ2v) is 11.5. The van der Waals surface area contributed by atoms with E-state index in [1.54, 1.807) is 18.2 Å². The third kappa shape index (κ3) is 4.80. The maximum atomic E-state index is 12.8. The van der Waals surface area contributed by atoms with E-state index < -0.39 is 10.0 Å². The highest BCUT2D eigenvalue weighted by Gasteiger charge is 2.39. The topological polar surface area (TPSA) is 86.8 Å². The summed E-state index contributed by atoms with van der Waals surface area (Å²) in [7, 11) is -3.71. The molecule has 8 heteroatoms. The molecule has 0 spiro atoms. The number of carbonyl (C=O) groups is 2.